The fourth-order valence-corrected chi connectivity index (χ4v) is 1.75. The van der Waals surface area contributed by atoms with Crippen molar-refractivity contribution in [2.45, 2.75) is 18.4 Å². The number of nitrogens with one attached hydrogen (secondary N) is 1. The molecule has 7 nitrogen and oxygen atoms in total. The lowest BCUT2D eigenvalue weighted by molar-refractivity contribution is 0.0496. The lowest BCUT2D eigenvalue weighted by Crippen LogP contribution is -2.31. The highest BCUT2D eigenvalue weighted by molar-refractivity contribution is 6.32. The van der Waals surface area contributed by atoms with Gasteiger partial charge in [-0.05, 0) is 18.9 Å². The molecule has 2 amide bonds. The highest BCUT2D eigenvalue weighted by atomic mass is 35.5. The highest BCUT2D eigenvalue weighted by Gasteiger charge is 2.48. The number of halogens is 1. The molecule has 8 heteroatoms. The van der Waals surface area contributed by atoms with Gasteiger partial charge in [0.2, 0.25) is 0 Å². The number of nitrogens with zero attached hydrogens (tertiary/aromatic N) is 1. The fourth-order valence-electron chi connectivity index (χ4n) is 1.56. The summed E-state index contributed by atoms with van der Waals surface area (Å²) in [5, 5.41) is 2.40. The standard InChI is InChI=1S/C12H14ClN3O4/c1-15-11(18)20-12(2-3-12)6-19-7-4-8(10(14)17)9(13)16-5-7/h4-5H,2-3,6H2,1H3,(H2,14,17)(H,15,18). The van der Waals surface area contributed by atoms with E-state index in [0.717, 1.165) is 12.8 Å². The Kier molecular flexibility index (Phi) is 3.99. The van der Waals surface area contributed by atoms with Gasteiger partial charge in [0.25, 0.3) is 5.91 Å². The first-order valence-corrected chi connectivity index (χ1v) is 6.32. The van der Waals surface area contributed by atoms with Gasteiger partial charge in [-0.1, -0.05) is 11.6 Å². The fraction of sp³-hybridized carbons (Fsp3) is 0.417. The molecule has 0 radical (unpaired) electrons. The molecule has 2 rings (SSSR count). The quantitative estimate of drug-likeness (QED) is 0.792. The van der Waals surface area contributed by atoms with Crippen molar-refractivity contribution >= 4 is 23.6 Å². The van der Waals surface area contributed by atoms with Crippen LogP contribution in [-0.4, -0.2) is 36.2 Å². The van der Waals surface area contributed by atoms with Crippen LogP contribution in [0.15, 0.2) is 12.3 Å². The second kappa shape index (κ2) is 5.54. The van der Waals surface area contributed by atoms with E-state index in [9.17, 15) is 9.59 Å². The van der Waals surface area contributed by atoms with Crippen LogP contribution in [0.4, 0.5) is 4.79 Å². The SMILES string of the molecule is CNC(=O)OC1(COc2cnc(Cl)c(C(N)=O)c2)CC1. The van der Waals surface area contributed by atoms with Crippen LogP contribution in [0, 0.1) is 0 Å². The number of carbonyl (C=O) groups excluding carboxylic acids is 2. The van der Waals surface area contributed by atoms with Crippen molar-refractivity contribution in [2.24, 2.45) is 5.73 Å². The molecule has 0 aliphatic heterocycles. The van der Waals surface area contributed by atoms with Crippen LogP contribution >= 0.6 is 11.6 Å². The maximum absolute atomic E-state index is 11.2. The van der Waals surface area contributed by atoms with Gasteiger partial charge in [-0.2, -0.15) is 0 Å². The minimum absolute atomic E-state index is 0.0209. The molecule has 1 heterocycles. The predicted octanol–water partition coefficient (Wildman–Crippen LogP) is 1.10. The first kappa shape index (κ1) is 14.4. The molecule has 108 valence electrons. The molecule has 1 saturated carbocycles. The summed E-state index contributed by atoms with van der Waals surface area (Å²) in [6.07, 6.45) is 2.33. The molecule has 1 aliphatic rings. The number of ether oxygens (including phenoxy) is 2. The van der Waals surface area contributed by atoms with Gasteiger partial charge in [0, 0.05) is 7.05 Å². The molecule has 0 saturated heterocycles. The molecule has 20 heavy (non-hydrogen) atoms. The monoisotopic (exact) mass is 299 g/mol. The Labute approximate surface area is 120 Å². The molecule has 1 aliphatic carbocycles. The van der Waals surface area contributed by atoms with Gasteiger partial charge in [-0.15, -0.1) is 0 Å². The highest BCUT2D eigenvalue weighted by Crippen LogP contribution is 2.40. The molecule has 0 aromatic carbocycles. The third-order valence-electron chi connectivity index (χ3n) is 2.90. The van der Waals surface area contributed by atoms with E-state index in [1.807, 2.05) is 0 Å². The smallest absolute Gasteiger partial charge is 0.407 e. The van der Waals surface area contributed by atoms with E-state index in [-0.39, 0.29) is 17.3 Å². The Hall–Kier alpha value is -2.02. The van der Waals surface area contributed by atoms with Gasteiger partial charge in [0.1, 0.15) is 23.1 Å². The Bertz CT molecular complexity index is 546. The van der Waals surface area contributed by atoms with Gasteiger partial charge < -0.3 is 20.5 Å². The van der Waals surface area contributed by atoms with E-state index < -0.39 is 17.6 Å². The van der Waals surface area contributed by atoms with Crippen LogP contribution in [0.5, 0.6) is 5.75 Å². The van der Waals surface area contributed by atoms with Crippen LogP contribution < -0.4 is 15.8 Å². The Morgan fingerprint density at radius 1 is 1.55 bits per heavy atom. The molecule has 0 atom stereocenters. The summed E-state index contributed by atoms with van der Waals surface area (Å²) in [6.45, 7) is 0.182. The average molecular weight is 300 g/mol. The number of rotatable bonds is 5. The van der Waals surface area contributed by atoms with Crippen LogP contribution in [0.2, 0.25) is 5.15 Å². The topological polar surface area (TPSA) is 104 Å². The number of nitrogens with two attached hydrogens (primary N) is 1. The summed E-state index contributed by atoms with van der Waals surface area (Å²) < 4.78 is 10.7. The first-order valence-electron chi connectivity index (χ1n) is 5.95. The molecule has 0 bridgehead atoms. The average Bonchev–Trinajstić information content (AvgIpc) is 3.17. The van der Waals surface area contributed by atoms with Crippen LogP contribution in [0.25, 0.3) is 0 Å². The van der Waals surface area contributed by atoms with E-state index in [4.69, 9.17) is 26.8 Å². The summed E-state index contributed by atoms with van der Waals surface area (Å²) in [7, 11) is 1.49. The van der Waals surface area contributed by atoms with E-state index in [0.29, 0.717) is 5.75 Å². The number of alkyl carbamates (subject to hydrolysis) is 1. The Morgan fingerprint density at radius 2 is 2.25 bits per heavy atom. The molecule has 3 N–H and O–H groups in total. The van der Waals surface area contributed by atoms with Gasteiger partial charge in [-0.3, -0.25) is 4.79 Å². The summed E-state index contributed by atoms with van der Waals surface area (Å²) >= 11 is 5.74. The van der Waals surface area contributed by atoms with Crippen molar-refractivity contribution in [3.63, 3.8) is 0 Å². The van der Waals surface area contributed by atoms with E-state index in [1.165, 1.54) is 19.3 Å². The third kappa shape index (κ3) is 3.30. The second-order valence-corrected chi connectivity index (χ2v) is 4.84. The first-order chi connectivity index (χ1) is 9.46. The van der Waals surface area contributed by atoms with Crippen molar-refractivity contribution in [1.82, 2.24) is 10.3 Å². The van der Waals surface area contributed by atoms with E-state index in [2.05, 4.69) is 10.3 Å². The molecule has 0 spiro atoms. The number of carbonyl (C=O) groups is 2. The van der Waals surface area contributed by atoms with Gasteiger partial charge in [0.15, 0.2) is 0 Å². The zero-order valence-corrected chi connectivity index (χ0v) is 11.6. The summed E-state index contributed by atoms with van der Waals surface area (Å²) in [4.78, 5) is 26.1. The second-order valence-electron chi connectivity index (χ2n) is 4.48. The third-order valence-corrected chi connectivity index (χ3v) is 3.20. The van der Waals surface area contributed by atoms with E-state index in [1.54, 1.807) is 0 Å². The number of pyridine rings is 1. The number of amides is 2. The Morgan fingerprint density at radius 3 is 2.80 bits per heavy atom. The van der Waals surface area contributed by atoms with Gasteiger partial charge >= 0.3 is 6.09 Å². The van der Waals surface area contributed by atoms with E-state index >= 15 is 0 Å². The largest absolute Gasteiger partial charge is 0.488 e. The van der Waals surface area contributed by atoms with Gasteiger partial charge in [0.05, 0.1) is 11.8 Å². The molecular weight excluding hydrogens is 286 g/mol. The van der Waals surface area contributed by atoms with Crippen molar-refractivity contribution in [1.29, 1.82) is 0 Å². The van der Waals surface area contributed by atoms with Crippen molar-refractivity contribution in [3.8, 4) is 5.75 Å². The van der Waals surface area contributed by atoms with Crippen molar-refractivity contribution < 1.29 is 19.1 Å². The Balaban J connectivity index is 1.99. The lowest BCUT2D eigenvalue weighted by Gasteiger charge is -2.17. The van der Waals surface area contributed by atoms with Crippen LogP contribution in [-0.2, 0) is 4.74 Å². The van der Waals surface area contributed by atoms with Crippen molar-refractivity contribution in [2.75, 3.05) is 13.7 Å². The maximum Gasteiger partial charge on any atom is 0.407 e. The predicted molar refractivity (Wildman–Crippen MR) is 70.8 cm³/mol. The summed E-state index contributed by atoms with van der Waals surface area (Å²) in [6, 6.07) is 1.41. The minimum atomic E-state index is -0.685. The number of primary amides is 1. The molecular formula is C12H14ClN3O4. The molecule has 1 aromatic rings. The van der Waals surface area contributed by atoms with Crippen LogP contribution in [0.1, 0.15) is 23.2 Å². The number of hydrogen-bond donors (Lipinski definition) is 2. The summed E-state index contributed by atoms with van der Waals surface area (Å²) in [5.41, 5.74) is 4.65. The minimum Gasteiger partial charge on any atom is -0.488 e. The van der Waals surface area contributed by atoms with Gasteiger partial charge in [-0.25, -0.2) is 9.78 Å². The van der Waals surface area contributed by atoms with Crippen molar-refractivity contribution in [3.05, 3.63) is 23.0 Å². The molecule has 0 unspecified atom stereocenters. The number of hydrogen-bond acceptors (Lipinski definition) is 5. The maximum atomic E-state index is 11.2. The zero-order chi connectivity index (χ0) is 14.8. The molecule has 1 fully saturated rings. The van der Waals surface area contributed by atoms with Crippen LogP contribution in [0.3, 0.4) is 0 Å². The summed E-state index contributed by atoms with van der Waals surface area (Å²) in [5.74, 6) is -0.342. The normalized spacial score (nSPS) is 15.3. The number of aromatic nitrogens is 1. The zero-order valence-electron chi connectivity index (χ0n) is 10.8. The molecule has 1 aromatic heterocycles. The lowest BCUT2D eigenvalue weighted by atomic mass is 10.2.